The summed E-state index contributed by atoms with van der Waals surface area (Å²) in [6.45, 7) is 0.906. The van der Waals surface area contributed by atoms with E-state index in [1.54, 1.807) is 0 Å². The maximum Gasteiger partial charge on any atom is 0.160 e. The van der Waals surface area contributed by atoms with Gasteiger partial charge in [-0.1, -0.05) is 0 Å². The van der Waals surface area contributed by atoms with Gasteiger partial charge in [0.15, 0.2) is 5.75 Å². The Labute approximate surface area is 65.0 Å². The van der Waals surface area contributed by atoms with Gasteiger partial charge in [-0.3, -0.25) is 4.68 Å². The van der Waals surface area contributed by atoms with Crippen molar-refractivity contribution in [1.29, 1.82) is 0 Å². The van der Waals surface area contributed by atoms with Crippen molar-refractivity contribution >= 4 is 0 Å². The fourth-order valence-corrected chi connectivity index (χ4v) is 1.92. The van der Waals surface area contributed by atoms with Gasteiger partial charge in [-0.05, 0) is 6.42 Å². The first-order chi connectivity index (χ1) is 5.36. The van der Waals surface area contributed by atoms with E-state index in [1.807, 2.05) is 17.9 Å². The third kappa shape index (κ3) is 0.607. The minimum atomic E-state index is 0.756. The number of hydrogen-bond donors (Lipinski definition) is 0. The van der Waals surface area contributed by atoms with Crippen LogP contribution >= 0.6 is 0 Å². The van der Waals surface area contributed by atoms with Gasteiger partial charge in [0.25, 0.3) is 0 Å². The normalized spacial score (nSPS) is 32.1. The van der Waals surface area contributed by atoms with Gasteiger partial charge in [-0.25, -0.2) is 0 Å². The molecule has 2 unspecified atom stereocenters. The van der Waals surface area contributed by atoms with Gasteiger partial charge >= 0.3 is 0 Å². The van der Waals surface area contributed by atoms with Crippen LogP contribution in [0.3, 0.4) is 0 Å². The molecule has 58 valence electrons. The molecule has 1 saturated carbocycles. The molecule has 3 nitrogen and oxygen atoms in total. The van der Waals surface area contributed by atoms with Crippen LogP contribution in [0.15, 0.2) is 6.20 Å². The molecule has 1 aliphatic heterocycles. The van der Waals surface area contributed by atoms with E-state index < -0.39 is 0 Å². The van der Waals surface area contributed by atoms with Crippen LogP contribution in [-0.4, -0.2) is 16.4 Å². The van der Waals surface area contributed by atoms with Crippen molar-refractivity contribution < 1.29 is 4.74 Å². The molecule has 0 amide bonds. The van der Waals surface area contributed by atoms with E-state index >= 15 is 0 Å². The minimum absolute atomic E-state index is 0.756. The SMILES string of the molecule is Cn1ncc2c1C1CC1CO2. The van der Waals surface area contributed by atoms with Gasteiger partial charge in [0, 0.05) is 18.9 Å². The average Bonchev–Trinajstić information content (AvgIpc) is 2.71. The molecule has 2 heterocycles. The summed E-state index contributed by atoms with van der Waals surface area (Å²) in [6, 6.07) is 0. The van der Waals surface area contributed by atoms with Crippen LogP contribution in [0.4, 0.5) is 0 Å². The molecule has 1 fully saturated rings. The molecule has 0 bridgehead atoms. The third-order valence-corrected chi connectivity index (χ3v) is 2.68. The molecule has 2 atom stereocenters. The molecule has 3 rings (SSSR count). The van der Waals surface area contributed by atoms with E-state index in [0.29, 0.717) is 0 Å². The van der Waals surface area contributed by atoms with Gasteiger partial charge in [-0.15, -0.1) is 0 Å². The van der Waals surface area contributed by atoms with E-state index in [4.69, 9.17) is 4.74 Å². The van der Waals surface area contributed by atoms with E-state index in [2.05, 4.69) is 5.10 Å². The summed E-state index contributed by atoms with van der Waals surface area (Å²) in [4.78, 5) is 0. The predicted octanol–water partition coefficient (Wildman–Crippen LogP) is 0.916. The molecular formula is C8H10N2O. The Hall–Kier alpha value is -0.990. The Morgan fingerprint density at radius 1 is 1.73 bits per heavy atom. The zero-order valence-corrected chi connectivity index (χ0v) is 6.45. The van der Waals surface area contributed by atoms with Crippen molar-refractivity contribution in [2.75, 3.05) is 6.61 Å². The first kappa shape index (κ1) is 5.63. The zero-order valence-electron chi connectivity index (χ0n) is 6.45. The molecule has 1 aliphatic carbocycles. The van der Waals surface area contributed by atoms with Crippen LogP contribution in [0.1, 0.15) is 18.0 Å². The molecule has 0 N–H and O–H groups in total. The van der Waals surface area contributed by atoms with E-state index in [1.165, 1.54) is 12.1 Å². The third-order valence-electron chi connectivity index (χ3n) is 2.68. The number of hydrogen-bond acceptors (Lipinski definition) is 2. The lowest BCUT2D eigenvalue weighted by Crippen LogP contribution is -2.09. The number of ether oxygens (including phenoxy) is 1. The summed E-state index contributed by atoms with van der Waals surface area (Å²) >= 11 is 0. The lowest BCUT2D eigenvalue weighted by molar-refractivity contribution is 0.277. The Balaban J connectivity index is 2.18. The summed E-state index contributed by atoms with van der Waals surface area (Å²) in [5.74, 6) is 2.55. The standard InChI is InChI=1S/C8H10N2O/c1-10-8-6-2-5(6)4-11-7(8)3-9-10/h3,5-6H,2,4H2,1H3. The highest BCUT2D eigenvalue weighted by atomic mass is 16.5. The smallest absolute Gasteiger partial charge is 0.160 e. The van der Waals surface area contributed by atoms with Gasteiger partial charge in [0.05, 0.1) is 18.5 Å². The molecule has 0 saturated heterocycles. The van der Waals surface area contributed by atoms with Crippen LogP contribution in [0.25, 0.3) is 0 Å². The Bertz CT molecular complexity index is 305. The lowest BCUT2D eigenvalue weighted by atomic mass is 10.2. The number of aromatic nitrogens is 2. The first-order valence-corrected chi connectivity index (χ1v) is 4.01. The van der Waals surface area contributed by atoms with Gasteiger partial charge in [-0.2, -0.15) is 5.10 Å². The van der Waals surface area contributed by atoms with Crippen LogP contribution in [-0.2, 0) is 7.05 Å². The van der Waals surface area contributed by atoms with E-state index in [-0.39, 0.29) is 0 Å². The fraction of sp³-hybridized carbons (Fsp3) is 0.625. The van der Waals surface area contributed by atoms with Crippen molar-refractivity contribution in [3.8, 4) is 5.75 Å². The van der Waals surface area contributed by atoms with E-state index in [9.17, 15) is 0 Å². The monoisotopic (exact) mass is 150 g/mol. The van der Waals surface area contributed by atoms with Crippen LogP contribution in [0.2, 0.25) is 0 Å². The molecule has 3 heteroatoms. The fourth-order valence-electron chi connectivity index (χ4n) is 1.92. The zero-order chi connectivity index (χ0) is 7.42. The Morgan fingerprint density at radius 2 is 2.64 bits per heavy atom. The summed E-state index contributed by atoms with van der Waals surface area (Å²) in [6.07, 6.45) is 3.12. The second-order valence-corrected chi connectivity index (χ2v) is 3.43. The highest BCUT2D eigenvalue weighted by Gasteiger charge is 2.45. The van der Waals surface area contributed by atoms with Crippen LogP contribution in [0, 0.1) is 5.92 Å². The van der Waals surface area contributed by atoms with Crippen molar-refractivity contribution in [2.24, 2.45) is 13.0 Å². The molecule has 0 radical (unpaired) electrons. The lowest BCUT2D eigenvalue weighted by Gasteiger charge is -2.12. The Morgan fingerprint density at radius 3 is 3.55 bits per heavy atom. The van der Waals surface area contributed by atoms with Gasteiger partial charge < -0.3 is 4.74 Å². The quantitative estimate of drug-likeness (QED) is 0.549. The number of rotatable bonds is 0. The maximum absolute atomic E-state index is 5.51. The first-order valence-electron chi connectivity index (χ1n) is 4.01. The number of nitrogens with zero attached hydrogens (tertiary/aromatic N) is 2. The summed E-state index contributed by atoms with van der Waals surface area (Å²) in [7, 11) is 1.99. The summed E-state index contributed by atoms with van der Waals surface area (Å²) < 4.78 is 7.46. The Kier molecular flexibility index (Phi) is 0.819. The average molecular weight is 150 g/mol. The molecular weight excluding hydrogens is 140 g/mol. The largest absolute Gasteiger partial charge is 0.490 e. The summed E-state index contributed by atoms with van der Waals surface area (Å²) in [5, 5.41) is 4.17. The molecule has 11 heavy (non-hydrogen) atoms. The maximum atomic E-state index is 5.51. The molecule has 1 aromatic heterocycles. The topological polar surface area (TPSA) is 27.1 Å². The highest BCUT2D eigenvalue weighted by molar-refractivity contribution is 5.35. The van der Waals surface area contributed by atoms with Gasteiger partial charge in [0.1, 0.15) is 0 Å². The van der Waals surface area contributed by atoms with E-state index in [0.717, 1.165) is 24.2 Å². The van der Waals surface area contributed by atoms with Crippen molar-refractivity contribution in [2.45, 2.75) is 12.3 Å². The minimum Gasteiger partial charge on any atom is -0.490 e. The van der Waals surface area contributed by atoms with Crippen molar-refractivity contribution in [3.05, 3.63) is 11.9 Å². The summed E-state index contributed by atoms with van der Waals surface area (Å²) in [5.41, 5.74) is 1.31. The van der Waals surface area contributed by atoms with Crippen molar-refractivity contribution in [1.82, 2.24) is 9.78 Å². The number of aryl methyl sites for hydroxylation is 1. The van der Waals surface area contributed by atoms with Gasteiger partial charge in [0.2, 0.25) is 0 Å². The second-order valence-electron chi connectivity index (χ2n) is 3.43. The van der Waals surface area contributed by atoms with Crippen LogP contribution in [0.5, 0.6) is 5.75 Å². The predicted molar refractivity (Wildman–Crippen MR) is 39.6 cm³/mol. The second kappa shape index (κ2) is 1.60. The molecule has 0 spiro atoms. The number of fused-ring (bicyclic) bond motifs is 3. The molecule has 1 aromatic rings. The highest BCUT2D eigenvalue weighted by Crippen LogP contribution is 2.53. The van der Waals surface area contributed by atoms with Crippen molar-refractivity contribution in [3.63, 3.8) is 0 Å². The molecule has 0 aromatic carbocycles. The molecule has 2 aliphatic rings. The van der Waals surface area contributed by atoms with Crippen LogP contribution < -0.4 is 4.74 Å².